The van der Waals surface area contributed by atoms with Crippen molar-refractivity contribution < 1.29 is 114 Å². The van der Waals surface area contributed by atoms with E-state index >= 15 is 0 Å². The minimum absolute atomic E-state index is 0. The third kappa shape index (κ3) is 4220. The zero-order chi connectivity index (χ0) is 15.3. The van der Waals surface area contributed by atoms with E-state index in [9.17, 15) is 0 Å². The number of carboxylic acids is 1. The van der Waals surface area contributed by atoms with Gasteiger partial charge in [0.2, 0.25) is 0 Å². The van der Waals surface area contributed by atoms with Crippen LogP contribution in [0.3, 0.4) is 0 Å². The molecule has 1 unspecified atom stereocenters. The van der Waals surface area contributed by atoms with Gasteiger partial charge in [-0.1, -0.05) is 0 Å². The van der Waals surface area contributed by atoms with Crippen LogP contribution in [0.1, 0.15) is 6.92 Å². The summed E-state index contributed by atoms with van der Waals surface area (Å²) < 4.78 is 74.2. The quantitative estimate of drug-likeness (QED) is 0.131. The Labute approximate surface area is 160 Å². The first-order valence-electron chi connectivity index (χ1n) is 2.70. The molecule has 0 aromatic rings. The van der Waals surface area contributed by atoms with Gasteiger partial charge in [0.05, 0.1) is 0 Å². The first-order valence-corrected chi connectivity index (χ1v) is 6.29. The summed E-state index contributed by atoms with van der Waals surface area (Å²) in [6, 6.07) is 0. The fraction of sp³-hybridized carbons (Fsp3) is 0.500. The molecule has 0 radical (unpaired) electrons. The number of carbonyl (C=O) groups is 1. The summed E-state index contributed by atoms with van der Waals surface area (Å²) >= 11 is 0. The van der Waals surface area contributed by atoms with E-state index in [2.05, 4.69) is 0 Å². The van der Waals surface area contributed by atoms with Crippen LogP contribution in [0.15, 0.2) is 0 Å². The molecule has 0 saturated heterocycles. The van der Waals surface area contributed by atoms with Gasteiger partial charge in [0.15, 0.2) is 0 Å². The largest absolute Gasteiger partial charge is 1.00 e. The number of carbonyl (C=O) groups excluding carboxylic acids is 1. The van der Waals surface area contributed by atoms with Gasteiger partial charge >= 0.3 is 78.2 Å². The molecule has 0 fully saturated rings. The van der Waals surface area contributed by atoms with E-state index < -0.39 is 35.5 Å². The van der Waals surface area contributed by atoms with E-state index in [-0.39, 0.29) is 65.3 Å². The van der Waals surface area contributed by atoms with Crippen molar-refractivity contribution in [2.75, 3.05) is 0 Å². The van der Waals surface area contributed by atoms with Crippen LogP contribution in [0.5, 0.6) is 0 Å². The summed E-state index contributed by atoms with van der Waals surface area (Å²) in [6.45, 7) is 0.972. The topological polar surface area (TPSA) is 269 Å². The SMILES string of the molecule is CC(=O)[O-].O=S(=O)(O)O.O=S(=O)([O-])[O-].O=[PH+]O.[NH4+].[Na+].[Na+]. The first-order chi connectivity index (χ1) is 7.15. The zero-order valence-corrected chi connectivity index (χ0v) is 17.5. The van der Waals surface area contributed by atoms with Crippen LogP contribution in [-0.2, 0) is 30.2 Å². The van der Waals surface area contributed by atoms with Crippen LogP contribution < -0.4 is 70.4 Å². The van der Waals surface area contributed by atoms with Crippen LogP contribution in [0, 0.1) is 0 Å². The van der Waals surface area contributed by atoms with Crippen molar-refractivity contribution in [1.29, 1.82) is 0 Å². The third-order valence-corrected chi connectivity index (χ3v) is 0. The molecule has 0 bridgehead atoms. The Morgan fingerprint density at radius 3 is 1.05 bits per heavy atom. The van der Waals surface area contributed by atoms with Gasteiger partial charge in [-0.2, -0.15) is 13.3 Å². The minimum Gasteiger partial charge on any atom is -0.759 e. The van der Waals surface area contributed by atoms with Crippen molar-refractivity contribution in [3.05, 3.63) is 0 Å². The van der Waals surface area contributed by atoms with E-state index in [4.69, 9.17) is 54.4 Å². The fourth-order valence-corrected chi connectivity index (χ4v) is 0. The maximum Gasteiger partial charge on any atom is 1.00 e. The number of quaternary nitrogens is 1. The molecule has 0 rings (SSSR count). The standard InChI is InChI=1S/C2H4O2.H3N.2Na.2H2O4S.HO2P/c1-2(3)4;;;;2*1-5(2,3)4;1-3-2/h1H3,(H,3,4);1H3;;;2*(H2,1,2,3,4);3H/q;;2*+1;;;/p-1. The van der Waals surface area contributed by atoms with Crippen LogP contribution in [0.25, 0.3) is 0 Å². The Bertz CT molecular complexity index is 342. The second-order valence-electron chi connectivity index (χ2n) is 1.44. The van der Waals surface area contributed by atoms with Crippen molar-refractivity contribution in [3.8, 4) is 0 Å². The van der Waals surface area contributed by atoms with E-state index in [1.807, 2.05) is 0 Å². The number of rotatable bonds is 0. The van der Waals surface area contributed by atoms with Crippen molar-refractivity contribution in [2.24, 2.45) is 0 Å². The monoisotopic (exact) mass is 382 g/mol. The molecular formula is C2H11NNa2O12PS2+. The molecular weight excluding hydrogens is 371 g/mol. The number of hydrogen-bond acceptors (Lipinski definition) is 9. The predicted molar refractivity (Wildman–Crippen MR) is 52.5 cm³/mol. The molecule has 0 aromatic heterocycles. The van der Waals surface area contributed by atoms with E-state index in [0.29, 0.717) is 0 Å². The molecule has 20 heavy (non-hydrogen) atoms. The van der Waals surface area contributed by atoms with E-state index in [0.717, 1.165) is 6.92 Å². The molecule has 114 valence electrons. The summed E-state index contributed by atoms with van der Waals surface area (Å²) in [4.78, 5) is 15.9. The number of aliphatic carboxylic acids is 1. The Morgan fingerprint density at radius 2 is 1.05 bits per heavy atom. The summed E-state index contributed by atoms with van der Waals surface area (Å²) in [5.74, 6) is -1.08. The summed E-state index contributed by atoms with van der Waals surface area (Å²) in [5.41, 5.74) is 0. The van der Waals surface area contributed by atoms with Gasteiger partial charge in [-0.15, -0.1) is 0 Å². The summed E-state index contributed by atoms with van der Waals surface area (Å²) in [6.07, 6.45) is 0. The second-order valence-corrected chi connectivity index (χ2v) is 3.33. The molecule has 7 N–H and O–H groups in total. The molecule has 0 heterocycles. The van der Waals surface area contributed by atoms with Gasteiger partial charge in [-0.05, 0) is 11.5 Å². The Hall–Kier alpha value is 1.23. The minimum atomic E-state index is -5.17. The summed E-state index contributed by atoms with van der Waals surface area (Å²) in [5, 5.41) is 8.89. The normalized spacial score (nSPS) is 8.10. The molecule has 13 nitrogen and oxygen atoms in total. The van der Waals surface area contributed by atoms with Crippen molar-refractivity contribution in [1.82, 2.24) is 6.15 Å². The summed E-state index contributed by atoms with van der Waals surface area (Å²) in [7, 11) is -11.0. The maximum atomic E-state index is 8.89. The number of carboxylic acid groups (broad SMARTS) is 1. The third-order valence-electron chi connectivity index (χ3n) is 0. The van der Waals surface area contributed by atoms with Crippen molar-refractivity contribution >= 4 is 35.5 Å². The predicted octanol–water partition coefficient (Wildman–Crippen LogP) is -8.93. The Kier molecular flexibility index (Phi) is 54.1. The van der Waals surface area contributed by atoms with E-state index in [1.165, 1.54) is 0 Å². The molecule has 0 aromatic carbocycles. The van der Waals surface area contributed by atoms with Gasteiger partial charge in [-0.25, -0.2) is 0 Å². The molecule has 1 atom stereocenters. The first kappa shape index (κ1) is 42.9. The van der Waals surface area contributed by atoms with Gasteiger partial charge in [-0.3, -0.25) is 17.5 Å². The average molecular weight is 382 g/mol. The molecule has 18 heteroatoms. The molecule has 0 spiro atoms. The van der Waals surface area contributed by atoms with E-state index in [1.54, 1.807) is 0 Å². The van der Waals surface area contributed by atoms with Gasteiger partial charge in [0, 0.05) is 16.4 Å². The fourth-order valence-electron chi connectivity index (χ4n) is 0. The van der Waals surface area contributed by atoms with Crippen LogP contribution in [-0.4, -0.2) is 45.9 Å². The smallest absolute Gasteiger partial charge is 0.759 e. The maximum absolute atomic E-state index is 8.89. The molecule has 0 aliphatic carbocycles. The van der Waals surface area contributed by atoms with Crippen LogP contribution >= 0.6 is 8.69 Å². The van der Waals surface area contributed by atoms with Crippen LogP contribution in [0.2, 0.25) is 0 Å². The van der Waals surface area contributed by atoms with Gasteiger partial charge in [0.1, 0.15) is 0 Å². The zero-order valence-electron chi connectivity index (χ0n) is 10.8. The average Bonchev–Trinajstić information content (AvgIpc) is 1.74. The van der Waals surface area contributed by atoms with Gasteiger partial charge < -0.3 is 25.2 Å². The van der Waals surface area contributed by atoms with Crippen molar-refractivity contribution in [2.45, 2.75) is 6.92 Å². The van der Waals surface area contributed by atoms with Crippen molar-refractivity contribution in [3.63, 3.8) is 0 Å². The molecule has 0 amide bonds. The molecule has 0 aliphatic rings. The molecule has 0 aliphatic heterocycles. The Morgan fingerprint density at radius 1 is 1.05 bits per heavy atom. The number of hydrogen-bond donors (Lipinski definition) is 4. The van der Waals surface area contributed by atoms with Crippen LogP contribution in [0.4, 0.5) is 0 Å². The second kappa shape index (κ2) is 25.2. The Balaban J connectivity index is -0.0000000218. The molecule has 0 saturated carbocycles. The van der Waals surface area contributed by atoms with Gasteiger partial charge in [0.25, 0.3) is 0 Å².